The molecule has 1 heterocycles. The molecular weight excluding hydrogens is 296 g/mol. The van der Waals surface area contributed by atoms with Gasteiger partial charge in [-0.05, 0) is 74.1 Å². The summed E-state index contributed by atoms with van der Waals surface area (Å²) in [5.41, 5.74) is 5.77. The van der Waals surface area contributed by atoms with Crippen LogP contribution in [0.2, 0.25) is 0 Å². The van der Waals surface area contributed by atoms with E-state index in [0.29, 0.717) is 11.6 Å². The van der Waals surface area contributed by atoms with Crippen LogP contribution in [0.4, 0.5) is 11.4 Å². The van der Waals surface area contributed by atoms with E-state index in [-0.39, 0.29) is 11.3 Å². The van der Waals surface area contributed by atoms with Crippen LogP contribution in [0.15, 0.2) is 41.4 Å². The lowest BCUT2D eigenvalue weighted by molar-refractivity contribution is 0.395. The van der Waals surface area contributed by atoms with Gasteiger partial charge in [0.25, 0.3) is 0 Å². The summed E-state index contributed by atoms with van der Waals surface area (Å²) in [7, 11) is 2.18. The van der Waals surface area contributed by atoms with Crippen molar-refractivity contribution in [3.8, 4) is 5.75 Å². The van der Waals surface area contributed by atoms with Crippen molar-refractivity contribution in [2.24, 2.45) is 4.99 Å². The molecule has 3 heteroatoms. The number of benzene rings is 2. The van der Waals surface area contributed by atoms with Gasteiger partial charge in [-0.15, -0.1) is 0 Å². The Morgan fingerprint density at radius 1 is 1.25 bits per heavy atom. The molecule has 0 saturated heterocycles. The lowest BCUT2D eigenvalue weighted by Crippen LogP contribution is -2.45. The first-order chi connectivity index (χ1) is 11.3. The maximum absolute atomic E-state index is 9.86. The van der Waals surface area contributed by atoms with Crippen LogP contribution in [0.25, 0.3) is 0 Å². The third-order valence-electron chi connectivity index (χ3n) is 5.25. The number of aliphatic imine (C=N–C) groups is 1. The number of para-hydroxylation sites is 2. The molecule has 0 saturated carbocycles. The van der Waals surface area contributed by atoms with Crippen LogP contribution in [0.1, 0.15) is 49.8 Å². The lowest BCUT2D eigenvalue weighted by Gasteiger charge is -2.45. The van der Waals surface area contributed by atoms with Crippen molar-refractivity contribution in [2.45, 2.75) is 45.6 Å². The van der Waals surface area contributed by atoms with Crippen LogP contribution in [0.3, 0.4) is 0 Å². The van der Waals surface area contributed by atoms with Gasteiger partial charge < -0.3 is 10.0 Å². The minimum atomic E-state index is 0.171. The van der Waals surface area contributed by atoms with E-state index < -0.39 is 0 Å². The molecule has 1 atom stereocenters. The zero-order valence-corrected chi connectivity index (χ0v) is 15.2. The monoisotopic (exact) mass is 322 g/mol. The van der Waals surface area contributed by atoms with Crippen LogP contribution in [0, 0.1) is 6.92 Å². The van der Waals surface area contributed by atoms with Gasteiger partial charge in [0.05, 0.1) is 0 Å². The van der Waals surface area contributed by atoms with E-state index in [1.165, 1.54) is 16.8 Å². The number of nitrogens with zero attached hydrogens (tertiary/aromatic N) is 2. The Balaban J connectivity index is 2.01. The molecule has 0 aliphatic carbocycles. The number of hydrogen-bond donors (Lipinski definition) is 1. The number of phenolic OH excluding ortho intramolecular Hbond substituents is 1. The number of aryl methyl sites for hydroxylation is 1. The molecule has 2 aromatic carbocycles. The maximum atomic E-state index is 9.86. The first kappa shape index (κ1) is 16.6. The predicted octanol–water partition coefficient (Wildman–Crippen LogP) is 5.17. The van der Waals surface area contributed by atoms with E-state index in [0.717, 1.165) is 12.0 Å². The zero-order chi connectivity index (χ0) is 17.5. The van der Waals surface area contributed by atoms with Crippen molar-refractivity contribution in [1.29, 1.82) is 0 Å². The van der Waals surface area contributed by atoms with E-state index >= 15 is 0 Å². The lowest BCUT2D eigenvalue weighted by atomic mass is 9.79. The van der Waals surface area contributed by atoms with Gasteiger partial charge in [-0.25, -0.2) is 0 Å². The van der Waals surface area contributed by atoms with E-state index in [4.69, 9.17) is 0 Å². The summed E-state index contributed by atoms with van der Waals surface area (Å²) in [5.74, 6) is 0.725. The average Bonchev–Trinajstić information content (AvgIpc) is 2.52. The van der Waals surface area contributed by atoms with Gasteiger partial charge in [0, 0.05) is 24.5 Å². The summed E-state index contributed by atoms with van der Waals surface area (Å²) in [6, 6.07) is 11.7. The minimum Gasteiger partial charge on any atom is -0.506 e. The highest BCUT2D eigenvalue weighted by molar-refractivity contribution is 5.86. The fourth-order valence-corrected chi connectivity index (χ4v) is 3.59. The second-order valence-electron chi connectivity index (χ2n) is 7.49. The molecule has 0 bridgehead atoms. The SMILES string of the molecule is Cc1cc2c(cc1C=Nc1ccccc1O)C(C)CC(C)(C)N2C. The highest BCUT2D eigenvalue weighted by atomic mass is 16.3. The van der Waals surface area contributed by atoms with Gasteiger partial charge in [-0.1, -0.05) is 19.1 Å². The molecule has 3 rings (SSSR count). The Labute approximate surface area is 144 Å². The maximum Gasteiger partial charge on any atom is 0.141 e. The smallest absolute Gasteiger partial charge is 0.141 e. The Kier molecular flexibility index (Phi) is 4.12. The standard InChI is InChI=1S/C21H26N2O/c1-14-10-19-17(15(2)12-21(3,4)23(19)5)11-16(14)13-22-18-8-6-7-9-20(18)24/h6-11,13,15,24H,12H2,1-5H3. The molecule has 126 valence electrons. The van der Waals surface area contributed by atoms with E-state index in [1.54, 1.807) is 12.1 Å². The molecule has 24 heavy (non-hydrogen) atoms. The third-order valence-corrected chi connectivity index (χ3v) is 5.25. The molecule has 2 aromatic rings. The molecule has 0 amide bonds. The van der Waals surface area contributed by atoms with Crippen LogP contribution >= 0.6 is 0 Å². The fraction of sp³-hybridized carbons (Fsp3) is 0.381. The normalized spacial score (nSPS) is 19.5. The van der Waals surface area contributed by atoms with Crippen molar-refractivity contribution >= 4 is 17.6 Å². The van der Waals surface area contributed by atoms with Crippen molar-refractivity contribution in [3.05, 3.63) is 53.1 Å². The molecule has 1 aliphatic heterocycles. The van der Waals surface area contributed by atoms with Gasteiger partial charge in [0.1, 0.15) is 11.4 Å². The van der Waals surface area contributed by atoms with Crippen molar-refractivity contribution < 1.29 is 5.11 Å². The number of aromatic hydroxyl groups is 1. The van der Waals surface area contributed by atoms with Crippen LogP contribution < -0.4 is 4.90 Å². The Morgan fingerprint density at radius 3 is 2.67 bits per heavy atom. The van der Waals surface area contributed by atoms with E-state index in [9.17, 15) is 5.11 Å². The number of phenols is 1. The van der Waals surface area contributed by atoms with Crippen LogP contribution in [-0.2, 0) is 0 Å². The Morgan fingerprint density at radius 2 is 1.96 bits per heavy atom. The molecule has 1 unspecified atom stereocenters. The van der Waals surface area contributed by atoms with E-state index in [2.05, 4.69) is 56.8 Å². The number of anilines is 1. The highest BCUT2D eigenvalue weighted by Crippen LogP contribution is 2.43. The Bertz CT molecular complexity index is 792. The summed E-state index contributed by atoms with van der Waals surface area (Å²) < 4.78 is 0. The summed E-state index contributed by atoms with van der Waals surface area (Å²) in [5, 5.41) is 9.86. The summed E-state index contributed by atoms with van der Waals surface area (Å²) in [6.07, 6.45) is 2.99. The molecule has 0 radical (unpaired) electrons. The Hall–Kier alpha value is -2.29. The fourth-order valence-electron chi connectivity index (χ4n) is 3.59. The first-order valence-electron chi connectivity index (χ1n) is 8.50. The number of fused-ring (bicyclic) bond motifs is 1. The van der Waals surface area contributed by atoms with Crippen LogP contribution in [-0.4, -0.2) is 23.9 Å². The zero-order valence-electron chi connectivity index (χ0n) is 15.2. The molecule has 1 N–H and O–H groups in total. The second-order valence-corrected chi connectivity index (χ2v) is 7.49. The largest absolute Gasteiger partial charge is 0.506 e. The summed E-state index contributed by atoms with van der Waals surface area (Å²) in [4.78, 5) is 6.86. The molecule has 0 spiro atoms. The van der Waals surface area contributed by atoms with Gasteiger partial charge in [-0.2, -0.15) is 0 Å². The van der Waals surface area contributed by atoms with Crippen molar-refractivity contribution in [3.63, 3.8) is 0 Å². The predicted molar refractivity (Wildman–Crippen MR) is 102 cm³/mol. The van der Waals surface area contributed by atoms with Crippen LogP contribution in [0.5, 0.6) is 5.75 Å². The topological polar surface area (TPSA) is 35.8 Å². The number of hydrogen-bond acceptors (Lipinski definition) is 3. The molecule has 3 nitrogen and oxygen atoms in total. The molecule has 0 aromatic heterocycles. The highest BCUT2D eigenvalue weighted by Gasteiger charge is 2.34. The quantitative estimate of drug-likeness (QED) is 0.774. The van der Waals surface area contributed by atoms with Gasteiger partial charge in [0.2, 0.25) is 0 Å². The molecular formula is C21H26N2O. The first-order valence-corrected chi connectivity index (χ1v) is 8.50. The minimum absolute atomic E-state index is 0.171. The van der Waals surface area contributed by atoms with E-state index in [1.807, 2.05) is 18.3 Å². The second kappa shape index (κ2) is 5.97. The van der Waals surface area contributed by atoms with Crippen molar-refractivity contribution in [1.82, 2.24) is 0 Å². The molecule has 0 fully saturated rings. The van der Waals surface area contributed by atoms with Crippen molar-refractivity contribution in [2.75, 3.05) is 11.9 Å². The van der Waals surface area contributed by atoms with Gasteiger partial charge in [-0.3, -0.25) is 4.99 Å². The van der Waals surface area contributed by atoms with Gasteiger partial charge >= 0.3 is 0 Å². The third kappa shape index (κ3) is 2.91. The van der Waals surface area contributed by atoms with Gasteiger partial charge in [0.15, 0.2) is 0 Å². The average molecular weight is 322 g/mol. The number of rotatable bonds is 2. The summed E-state index contributed by atoms with van der Waals surface area (Å²) >= 11 is 0. The molecule has 1 aliphatic rings. The summed E-state index contributed by atoms with van der Waals surface area (Å²) in [6.45, 7) is 9.02.